The second-order valence-corrected chi connectivity index (χ2v) is 6.60. The lowest BCUT2D eigenvalue weighted by Gasteiger charge is -2.10. The summed E-state index contributed by atoms with van der Waals surface area (Å²) in [6, 6.07) is 7.41. The van der Waals surface area contributed by atoms with Crippen molar-refractivity contribution in [1.82, 2.24) is 19.9 Å². The molecule has 4 rings (SSSR count). The molecule has 1 saturated carbocycles. The van der Waals surface area contributed by atoms with Crippen LogP contribution in [0.5, 0.6) is 0 Å². The number of nitrogens with two attached hydrogens (primary N) is 1. The normalized spacial score (nSPS) is 15.1. The molecule has 3 aromatic heterocycles. The number of carbonyl (C=O) groups excluding carboxylic acids is 1. The van der Waals surface area contributed by atoms with Gasteiger partial charge in [-0.3, -0.25) is 4.79 Å². The summed E-state index contributed by atoms with van der Waals surface area (Å²) in [4.78, 5) is 16.7. The average molecular weight is 339 g/mol. The molecule has 0 atom stereocenters. The van der Waals surface area contributed by atoms with Crippen LogP contribution >= 0.6 is 0 Å². The Morgan fingerprint density at radius 3 is 2.88 bits per heavy atom. The van der Waals surface area contributed by atoms with Crippen LogP contribution < -0.4 is 11.1 Å². The van der Waals surface area contributed by atoms with E-state index in [0.29, 0.717) is 29.6 Å². The van der Waals surface area contributed by atoms with Gasteiger partial charge in [-0.15, -0.1) is 5.10 Å². The molecule has 1 aliphatic rings. The summed E-state index contributed by atoms with van der Waals surface area (Å²) in [6.45, 7) is 2.32. The predicted octanol–water partition coefficient (Wildman–Crippen LogP) is 2.69. The van der Waals surface area contributed by atoms with Gasteiger partial charge in [0.25, 0.3) is 0 Å². The van der Waals surface area contributed by atoms with E-state index >= 15 is 0 Å². The highest BCUT2D eigenvalue weighted by molar-refractivity contribution is 5.78. The standard InChI is InChI=1S/C18H21N5O2/c1-11-6-7-14(25-11)17-21-16-9-12(8-15(19)23(16)22-17)10-20-18(24)13-4-2-3-5-13/h6-9,13H,2-5,10,19H2,1H3,(H,20,24). The Bertz CT molecular complexity index is 921. The number of nitrogen functional groups attached to an aromatic ring is 1. The fourth-order valence-electron chi connectivity index (χ4n) is 3.35. The lowest BCUT2D eigenvalue weighted by atomic mass is 10.1. The van der Waals surface area contributed by atoms with E-state index in [4.69, 9.17) is 10.2 Å². The van der Waals surface area contributed by atoms with Crippen molar-refractivity contribution in [3.05, 3.63) is 35.6 Å². The minimum atomic E-state index is 0.129. The molecule has 3 N–H and O–H groups in total. The fourth-order valence-corrected chi connectivity index (χ4v) is 3.35. The quantitative estimate of drug-likeness (QED) is 0.761. The van der Waals surface area contributed by atoms with Crippen LogP contribution in [0.15, 0.2) is 28.7 Å². The third kappa shape index (κ3) is 3.09. The SMILES string of the molecule is Cc1ccc(-c2nc3cc(CNC(=O)C4CCCC4)cc(N)n3n2)o1. The van der Waals surface area contributed by atoms with Crippen LogP contribution in [0.1, 0.15) is 37.0 Å². The Morgan fingerprint density at radius 1 is 1.36 bits per heavy atom. The van der Waals surface area contributed by atoms with Crippen LogP contribution in [-0.4, -0.2) is 20.5 Å². The maximum absolute atomic E-state index is 12.2. The molecule has 3 heterocycles. The van der Waals surface area contributed by atoms with E-state index < -0.39 is 0 Å². The van der Waals surface area contributed by atoms with Gasteiger partial charge in [0.15, 0.2) is 11.4 Å². The van der Waals surface area contributed by atoms with E-state index in [9.17, 15) is 4.79 Å². The summed E-state index contributed by atoms with van der Waals surface area (Å²) in [5.74, 6) is 2.66. The van der Waals surface area contributed by atoms with Crippen LogP contribution in [0.3, 0.4) is 0 Å². The zero-order chi connectivity index (χ0) is 17.4. The number of hydrogen-bond acceptors (Lipinski definition) is 5. The molecule has 3 aromatic rings. The second kappa shape index (κ2) is 6.23. The lowest BCUT2D eigenvalue weighted by molar-refractivity contribution is -0.124. The van der Waals surface area contributed by atoms with Crippen molar-refractivity contribution in [2.24, 2.45) is 5.92 Å². The monoisotopic (exact) mass is 339 g/mol. The summed E-state index contributed by atoms with van der Waals surface area (Å²) in [5, 5.41) is 7.40. The van der Waals surface area contributed by atoms with Crippen molar-refractivity contribution in [1.29, 1.82) is 0 Å². The predicted molar refractivity (Wildman–Crippen MR) is 93.6 cm³/mol. The molecule has 25 heavy (non-hydrogen) atoms. The van der Waals surface area contributed by atoms with Crippen molar-refractivity contribution in [2.75, 3.05) is 5.73 Å². The lowest BCUT2D eigenvalue weighted by Crippen LogP contribution is -2.28. The summed E-state index contributed by atoms with van der Waals surface area (Å²) >= 11 is 0. The molecule has 7 heteroatoms. The van der Waals surface area contributed by atoms with Gasteiger partial charge in [-0.2, -0.15) is 4.52 Å². The number of fused-ring (bicyclic) bond motifs is 1. The van der Waals surface area contributed by atoms with E-state index in [2.05, 4.69) is 15.4 Å². The van der Waals surface area contributed by atoms with Crippen molar-refractivity contribution in [2.45, 2.75) is 39.2 Å². The number of rotatable bonds is 4. The van der Waals surface area contributed by atoms with Gasteiger partial charge < -0.3 is 15.5 Å². The van der Waals surface area contributed by atoms with Crippen LogP contribution in [0.25, 0.3) is 17.2 Å². The number of anilines is 1. The Hall–Kier alpha value is -2.83. The number of aryl methyl sites for hydroxylation is 1. The number of nitrogens with one attached hydrogen (secondary N) is 1. The number of hydrogen-bond donors (Lipinski definition) is 2. The zero-order valence-corrected chi connectivity index (χ0v) is 14.2. The maximum atomic E-state index is 12.2. The maximum Gasteiger partial charge on any atom is 0.223 e. The summed E-state index contributed by atoms with van der Waals surface area (Å²) in [7, 11) is 0. The first-order chi connectivity index (χ1) is 12.1. The van der Waals surface area contributed by atoms with Gasteiger partial charge in [-0.1, -0.05) is 12.8 Å². The molecule has 0 spiro atoms. The van der Waals surface area contributed by atoms with Gasteiger partial charge in [0, 0.05) is 12.5 Å². The summed E-state index contributed by atoms with van der Waals surface area (Å²) < 4.78 is 7.15. The molecular weight excluding hydrogens is 318 g/mol. The Labute approximate surface area is 145 Å². The Kier molecular flexibility index (Phi) is 3.91. The number of pyridine rings is 1. The number of amides is 1. The first kappa shape index (κ1) is 15.7. The molecule has 130 valence electrons. The zero-order valence-electron chi connectivity index (χ0n) is 14.2. The molecule has 1 aliphatic carbocycles. The summed E-state index contributed by atoms with van der Waals surface area (Å²) in [5.41, 5.74) is 7.64. The van der Waals surface area contributed by atoms with Crippen molar-refractivity contribution in [3.8, 4) is 11.6 Å². The molecule has 0 aliphatic heterocycles. The Morgan fingerprint density at radius 2 is 2.16 bits per heavy atom. The van der Waals surface area contributed by atoms with Gasteiger partial charge in [0.2, 0.25) is 11.7 Å². The number of furan rings is 1. The van der Waals surface area contributed by atoms with Crippen molar-refractivity contribution < 1.29 is 9.21 Å². The molecule has 0 unspecified atom stereocenters. The van der Waals surface area contributed by atoms with Crippen LogP contribution in [0.2, 0.25) is 0 Å². The number of nitrogens with zero attached hydrogens (tertiary/aromatic N) is 3. The van der Waals surface area contributed by atoms with Crippen molar-refractivity contribution >= 4 is 17.4 Å². The number of aromatic nitrogens is 3. The van der Waals surface area contributed by atoms with E-state index in [1.165, 1.54) is 0 Å². The van der Waals surface area contributed by atoms with Crippen molar-refractivity contribution in [3.63, 3.8) is 0 Å². The molecule has 0 radical (unpaired) electrons. The minimum absolute atomic E-state index is 0.129. The number of carbonyl (C=O) groups is 1. The molecule has 7 nitrogen and oxygen atoms in total. The smallest absolute Gasteiger partial charge is 0.223 e. The minimum Gasteiger partial charge on any atom is -0.458 e. The average Bonchev–Trinajstić information content (AvgIpc) is 3.32. The van der Waals surface area contributed by atoms with Crippen LogP contribution in [0, 0.1) is 12.8 Å². The Balaban J connectivity index is 1.55. The highest BCUT2D eigenvalue weighted by atomic mass is 16.3. The van der Waals surface area contributed by atoms with Crippen LogP contribution in [0.4, 0.5) is 5.82 Å². The van der Waals surface area contributed by atoms with Gasteiger partial charge in [0.1, 0.15) is 11.6 Å². The first-order valence-electron chi connectivity index (χ1n) is 8.60. The topological polar surface area (TPSA) is 98.5 Å². The summed E-state index contributed by atoms with van der Waals surface area (Å²) in [6.07, 6.45) is 4.27. The molecule has 0 aromatic carbocycles. The molecular formula is C18H21N5O2. The first-order valence-corrected chi connectivity index (χ1v) is 8.60. The molecule has 0 bridgehead atoms. The second-order valence-electron chi connectivity index (χ2n) is 6.60. The van der Waals surface area contributed by atoms with E-state index in [1.807, 2.05) is 31.2 Å². The fraction of sp³-hybridized carbons (Fsp3) is 0.389. The third-order valence-corrected chi connectivity index (χ3v) is 4.68. The van der Waals surface area contributed by atoms with Gasteiger partial charge in [-0.25, -0.2) is 4.98 Å². The van der Waals surface area contributed by atoms with E-state index in [-0.39, 0.29) is 11.8 Å². The molecule has 1 fully saturated rings. The molecule has 0 saturated heterocycles. The highest BCUT2D eigenvalue weighted by Crippen LogP contribution is 2.25. The van der Waals surface area contributed by atoms with E-state index in [0.717, 1.165) is 37.0 Å². The largest absolute Gasteiger partial charge is 0.458 e. The van der Waals surface area contributed by atoms with Gasteiger partial charge in [0.05, 0.1) is 0 Å². The van der Waals surface area contributed by atoms with Crippen LogP contribution in [-0.2, 0) is 11.3 Å². The van der Waals surface area contributed by atoms with Gasteiger partial charge >= 0.3 is 0 Å². The highest BCUT2D eigenvalue weighted by Gasteiger charge is 2.22. The van der Waals surface area contributed by atoms with Gasteiger partial charge in [-0.05, 0) is 49.6 Å². The molecule has 1 amide bonds. The van der Waals surface area contributed by atoms with E-state index in [1.54, 1.807) is 4.52 Å². The third-order valence-electron chi connectivity index (χ3n) is 4.68.